The van der Waals surface area contributed by atoms with Crippen LogP contribution in [0.5, 0.6) is 0 Å². The van der Waals surface area contributed by atoms with Crippen LogP contribution in [0.3, 0.4) is 0 Å². The Morgan fingerprint density at radius 1 is 1.19 bits per heavy atom. The summed E-state index contributed by atoms with van der Waals surface area (Å²) < 4.78 is 25.6. The highest BCUT2D eigenvalue weighted by molar-refractivity contribution is 7.91. The highest BCUT2D eigenvalue weighted by atomic mass is 35.5. The number of carboxylic acids is 1. The number of rotatable bonds is 5. The van der Waals surface area contributed by atoms with E-state index >= 15 is 0 Å². The number of carbonyl (C=O) groups is 1. The molecule has 4 rings (SSSR count). The number of aromatic carboxylic acids is 1. The summed E-state index contributed by atoms with van der Waals surface area (Å²) in [5.74, 6) is -0.848. The third kappa shape index (κ3) is 4.31. The summed E-state index contributed by atoms with van der Waals surface area (Å²) in [4.78, 5) is 17.3. The molecule has 7 nitrogen and oxygen atoms in total. The monoisotopic (exact) mass is 461 g/mol. The smallest absolute Gasteiger partial charge is 0.337 e. The number of sulfone groups is 1. The number of anilines is 2. The van der Waals surface area contributed by atoms with Crippen LogP contribution < -0.4 is 14.9 Å². The Bertz CT molecular complexity index is 1260. The molecule has 1 aliphatic heterocycles. The highest BCUT2D eigenvalue weighted by Crippen LogP contribution is 2.39. The molecule has 2 aromatic carbocycles. The van der Waals surface area contributed by atoms with E-state index in [4.69, 9.17) is 16.4 Å². The Hall–Kier alpha value is -2.84. The third-order valence-corrected chi connectivity index (χ3v) is 7.57. The van der Waals surface area contributed by atoms with Gasteiger partial charge in [-0.3, -0.25) is 4.84 Å². The molecule has 0 unspecified atom stereocenters. The van der Waals surface area contributed by atoms with Gasteiger partial charge in [-0.25, -0.2) is 13.2 Å². The lowest BCUT2D eigenvalue weighted by Crippen LogP contribution is -2.42. The quantitative estimate of drug-likeness (QED) is 0.564. The van der Waals surface area contributed by atoms with Crippen molar-refractivity contribution >= 4 is 49.7 Å². The number of para-hydroxylation sites is 1. The molecule has 31 heavy (non-hydrogen) atoms. The SMILES string of the molecule is CO[n+]1cc(C2CCS(=O)(=O)CC2)c(Nc2ccccc2C(=O)O)c2cc(Cl)ccc21. The van der Waals surface area contributed by atoms with Gasteiger partial charge in [0.1, 0.15) is 16.9 Å². The van der Waals surface area contributed by atoms with Crippen molar-refractivity contribution in [1.82, 2.24) is 0 Å². The zero-order chi connectivity index (χ0) is 22.2. The molecule has 0 radical (unpaired) electrons. The maximum atomic E-state index is 12.0. The van der Waals surface area contributed by atoms with E-state index in [1.165, 1.54) is 6.07 Å². The predicted molar refractivity (Wildman–Crippen MR) is 119 cm³/mol. The first-order chi connectivity index (χ1) is 14.8. The van der Waals surface area contributed by atoms with Crippen molar-refractivity contribution in [3.8, 4) is 0 Å². The van der Waals surface area contributed by atoms with Crippen molar-refractivity contribution in [2.45, 2.75) is 18.8 Å². The Balaban J connectivity index is 1.93. The van der Waals surface area contributed by atoms with E-state index in [1.54, 1.807) is 42.2 Å². The number of fused-ring (bicyclic) bond motifs is 1. The van der Waals surface area contributed by atoms with Gasteiger partial charge in [0.2, 0.25) is 6.20 Å². The summed E-state index contributed by atoms with van der Waals surface area (Å²) in [6.07, 6.45) is 2.80. The number of benzene rings is 2. The molecule has 0 aliphatic carbocycles. The van der Waals surface area contributed by atoms with Gasteiger partial charge >= 0.3 is 5.97 Å². The molecular formula is C22H22ClN2O5S+. The summed E-state index contributed by atoms with van der Waals surface area (Å²) >= 11 is 6.30. The molecule has 0 bridgehead atoms. The molecule has 2 N–H and O–H groups in total. The molecule has 2 heterocycles. The van der Waals surface area contributed by atoms with E-state index < -0.39 is 15.8 Å². The Morgan fingerprint density at radius 3 is 2.58 bits per heavy atom. The van der Waals surface area contributed by atoms with Gasteiger partial charge in [-0.2, -0.15) is 0 Å². The number of pyridine rings is 1. The number of carboxylic acid groups (broad SMARTS) is 1. The van der Waals surface area contributed by atoms with Crippen LogP contribution in [0.4, 0.5) is 11.4 Å². The highest BCUT2D eigenvalue weighted by Gasteiger charge is 2.31. The Labute approximate surface area is 185 Å². The van der Waals surface area contributed by atoms with Crippen LogP contribution in [-0.2, 0) is 9.84 Å². The van der Waals surface area contributed by atoms with Crippen molar-refractivity contribution in [3.05, 3.63) is 64.8 Å². The molecule has 1 aliphatic rings. The standard InChI is InChI=1S/C22H21ClN2O5S/c1-30-25-13-18(14-8-10-31(28,29)11-9-14)21(17-12-15(23)6-7-20(17)25)24-19-5-3-2-4-16(19)22(26)27/h2-7,12-14H,8-11H2,1H3,(H,26,27)/p+1. The summed E-state index contributed by atoms with van der Waals surface area (Å²) in [6.45, 7) is 0. The van der Waals surface area contributed by atoms with Crippen LogP contribution in [-0.4, -0.2) is 38.1 Å². The molecule has 0 spiro atoms. The Morgan fingerprint density at radius 2 is 1.90 bits per heavy atom. The van der Waals surface area contributed by atoms with Crippen molar-refractivity contribution in [2.75, 3.05) is 23.9 Å². The van der Waals surface area contributed by atoms with Gasteiger partial charge < -0.3 is 10.4 Å². The fraction of sp³-hybridized carbons (Fsp3) is 0.273. The van der Waals surface area contributed by atoms with Gasteiger partial charge in [0.05, 0.1) is 33.8 Å². The second kappa shape index (κ2) is 8.36. The van der Waals surface area contributed by atoms with Crippen LogP contribution in [0.15, 0.2) is 48.7 Å². The van der Waals surface area contributed by atoms with Crippen LogP contribution in [0.2, 0.25) is 5.02 Å². The molecular weight excluding hydrogens is 440 g/mol. The average molecular weight is 462 g/mol. The summed E-state index contributed by atoms with van der Waals surface area (Å²) in [6, 6.07) is 12.0. The first-order valence-corrected chi connectivity index (χ1v) is 12.0. The van der Waals surface area contributed by atoms with Crippen LogP contribution in [0.1, 0.15) is 34.7 Å². The molecule has 3 aromatic rings. The van der Waals surface area contributed by atoms with E-state index in [1.807, 2.05) is 12.3 Å². The van der Waals surface area contributed by atoms with Gasteiger partial charge in [-0.15, -0.1) is 0 Å². The molecule has 1 fully saturated rings. The van der Waals surface area contributed by atoms with Crippen molar-refractivity contribution in [2.24, 2.45) is 0 Å². The molecule has 0 saturated carbocycles. The number of nitrogens with one attached hydrogen (secondary N) is 1. The van der Waals surface area contributed by atoms with Gasteiger partial charge in [-0.1, -0.05) is 23.7 Å². The van der Waals surface area contributed by atoms with Crippen LogP contribution in [0.25, 0.3) is 10.9 Å². The average Bonchev–Trinajstić information content (AvgIpc) is 2.74. The molecule has 162 valence electrons. The lowest BCUT2D eigenvalue weighted by Gasteiger charge is -2.24. The maximum Gasteiger partial charge on any atom is 0.337 e. The first kappa shape index (κ1) is 21.4. The minimum Gasteiger partial charge on any atom is -0.478 e. The fourth-order valence-electron chi connectivity index (χ4n) is 4.03. The Kier molecular flexibility index (Phi) is 5.77. The number of hydrogen-bond acceptors (Lipinski definition) is 5. The first-order valence-electron chi connectivity index (χ1n) is 9.81. The predicted octanol–water partition coefficient (Wildman–Crippen LogP) is 3.57. The number of nitrogens with zero attached hydrogens (tertiary/aromatic N) is 1. The van der Waals surface area contributed by atoms with E-state index in [9.17, 15) is 18.3 Å². The van der Waals surface area contributed by atoms with Gasteiger partial charge in [0, 0.05) is 21.4 Å². The molecule has 0 amide bonds. The normalized spacial score (nSPS) is 16.2. The largest absolute Gasteiger partial charge is 0.478 e. The second-order valence-corrected chi connectivity index (χ2v) is 10.3. The van der Waals surface area contributed by atoms with Crippen molar-refractivity contribution in [1.29, 1.82) is 0 Å². The van der Waals surface area contributed by atoms with E-state index in [-0.39, 0.29) is 23.0 Å². The number of halogens is 1. The molecule has 1 saturated heterocycles. The fourth-order valence-corrected chi connectivity index (χ4v) is 5.69. The van der Waals surface area contributed by atoms with Crippen LogP contribution >= 0.6 is 11.6 Å². The number of aromatic nitrogens is 1. The second-order valence-electron chi connectivity index (χ2n) is 7.53. The topological polar surface area (TPSA) is 96.6 Å². The third-order valence-electron chi connectivity index (χ3n) is 5.62. The molecule has 9 heteroatoms. The van der Waals surface area contributed by atoms with E-state index in [2.05, 4.69) is 5.32 Å². The number of hydrogen-bond donors (Lipinski definition) is 2. The lowest BCUT2D eigenvalue weighted by molar-refractivity contribution is -0.865. The summed E-state index contributed by atoms with van der Waals surface area (Å²) in [7, 11) is -1.48. The maximum absolute atomic E-state index is 12.0. The van der Waals surface area contributed by atoms with Crippen molar-refractivity contribution < 1.29 is 27.9 Å². The van der Waals surface area contributed by atoms with Crippen LogP contribution in [0, 0.1) is 0 Å². The summed E-state index contributed by atoms with van der Waals surface area (Å²) in [5.41, 5.74) is 2.87. The van der Waals surface area contributed by atoms with Gasteiger partial charge in [0.15, 0.2) is 0 Å². The summed E-state index contributed by atoms with van der Waals surface area (Å²) in [5, 5.41) is 14.2. The van der Waals surface area contributed by atoms with Gasteiger partial charge in [0.25, 0.3) is 5.52 Å². The molecule has 0 atom stereocenters. The minimum absolute atomic E-state index is 0.0344. The zero-order valence-corrected chi connectivity index (χ0v) is 18.4. The van der Waals surface area contributed by atoms with Crippen molar-refractivity contribution in [3.63, 3.8) is 0 Å². The van der Waals surface area contributed by atoms with E-state index in [0.717, 1.165) is 16.5 Å². The molecule has 1 aromatic heterocycles. The minimum atomic E-state index is -3.04. The van der Waals surface area contributed by atoms with E-state index in [0.29, 0.717) is 29.2 Å². The zero-order valence-electron chi connectivity index (χ0n) is 16.8. The lowest BCUT2D eigenvalue weighted by atomic mass is 9.91. The van der Waals surface area contributed by atoms with Gasteiger partial charge in [-0.05, 0) is 43.0 Å².